The molecule has 1 saturated carbocycles. The van der Waals surface area contributed by atoms with Crippen LogP contribution in [-0.4, -0.2) is 108 Å². The van der Waals surface area contributed by atoms with Gasteiger partial charge in [-0.1, -0.05) is 177 Å². The second-order valence-corrected chi connectivity index (χ2v) is 19.6. The number of allylic oxidation sites excluding steroid dienone is 9. The van der Waals surface area contributed by atoms with E-state index in [4.69, 9.17) is 9.05 Å². The van der Waals surface area contributed by atoms with E-state index in [0.29, 0.717) is 19.3 Å². The number of amides is 1. The highest BCUT2D eigenvalue weighted by Gasteiger charge is 2.51. The summed E-state index contributed by atoms with van der Waals surface area (Å²) in [5, 5.41) is 74.6. The summed E-state index contributed by atoms with van der Waals surface area (Å²) in [4.78, 5) is 23.5. The standard InChI is InChI=1S/C52H94NO12P/c1-3-5-7-9-11-13-15-17-19-20-21-22-23-24-26-27-29-31-33-35-37-39-43(54)41-46(56)53-44(42-64-66(62,63)65-52-50(60)48(58)47(57)49(59)51(52)61)45(55)40-38-36-34-32-30-28-25-18-16-14-12-10-8-6-4-2/h16,18,21-22,24,26,30,32,38,40,43-45,47-52,54-55,57-61H,3-15,17,19-20,23,25,27-29,31,33-37,39,41-42H2,1-2H3,(H,53,56)(H,62,63)/b18-16+,22-21-,26-24-,32-30+,40-38+. The molecule has 8 atom stereocenters. The first-order valence-electron chi connectivity index (χ1n) is 25.8. The van der Waals surface area contributed by atoms with Crippen molar-refractivity contribution in [2.24, 2.45) is 0 Å². The number of rotatable bonds is 42. The van der Waals surface area contributed by atoms with Crippen LogP contribution in [0, 0.1) is 0 Å². The smallest absolute Gasteiger partial charge is 0.393 e. The lowest BCUT2D eigenvalue weighted by Gasteiger charge is -2.41. The van der Waals surface area contributed by atoms with Gasteiger partial charge < -0.3 is 46.0 Å². The Hall–Kier alpha value is -2.00. The predicted molar refractivity (Wildman–Crippen MR) is 266 cm³/mol. The summed E-state index contributed by atoms with van der Waals surface area (Å²) in [5.74, 6) is -0.616. The van der Waals surface area contributed by atoms with E-state index < -0.39 is 75.2 Å². The van der Waals surface area contributed by atoms with Crippen molar-refractivity contribution in [2.75, 3.05) is 6.61 Å². The third-order valence-corrected chi connectivity index (χ3v) is 13.0. The highest BCUT2D eigenvalue weighted by Crippen LogP contribution is 2.47. The Labute approximate surface area is 399 Å². The van der Waals surface area contributed by atoms with Gasteiger partial charge in [-0.25, -0.2) is 4.57 Å². The van der Waals surface area contributed by atoms with E-state index in [1.54, 1.807) is 6.08 Å². The van der Waals surface area contributed by atoms with Crippen LogP contribution in [0.25, 0.3) is 0 Å². The van der Waals surface area contributed by atoms with Crippen molar-refractivity contribution in [3.05, 3.63) is 60.8 Å². The number of hydrogen-bond acceptors (Lipinski definition) is 11. The van der Waals surface area contributed by atoms with Crippen molar-refractivity contribution >= 4 is 13.7 Å². The van der Waals surface area contributed by atoms with Gasteiger partial charge in [0.25, 0.3) is 0 Å². The van der Waals surface area contributed by atoms with Gasteiger partial charge in [0.15, 0.2) is 0 Å². The number of aliphatic hydroxyl groups is 7. The first-order valence-corrected chi connectivity index (χ1v) is 27.3. The van der Waals surface area contributed by atoms with Gasteiger partial charge in [0.2, 0.25) is 5.91 Å². The van der Waals surface area contributed by atoms with E-state index in [2.05, 4.69) is 67.8 Å². The van der Waals surface area contributed by atoms with E-state index >= 15 is 0 Å². The molecular weight excluding hydrogens is 862 g/mol. The minimum atomic E-state index is -5.16. The molecule has 1 aliphatic rings. The first-order chi connectivity index (χ1) is 31.8. The topological polar surface area (TPSA) is 226 Å². The molecule has 0 saturated heterocycles. The molecule has 0 bridgehead atoms. The third kappa shape index (κ3) is 31.9. The number of unbranched alkanes of at least 4 members (excludes halogenated alkanes) is 21. The summed E-state index contributed by atoms with van der Waals surface area (Å²) < 4.78 is 22.9. The number of aliphatic hydroxyl groups excluding tert-OH is 7. The van der Waals surface area contributed by atoms with Crippen molar-refractivity contribution in [1.29, 1.82) is 0 Å². The average molecular weight is 956 g/mol. The molecule has 0 spiro atoms. The summed E-state index contributed by atoms with van der Waals surface area (Å²) in [7, 11) is -5.16. The molecule has 1 rings (SSSR count). The highest BCUT2D eigenvalue weighted by atomic mass is 31.2. The van der Waals surface area contributed by atoms with Crippen LogP contribution in [0.2, 0.25) is 0 Å². The number of nitrogens with one attached hydrogen (secondary N) is 1. The lowest BCUT2D eigenvalue weighted by molar-refractivity contribution is -0.220. The Balaban J connectivity index is 2.51. The van der Waals surface area contributed by atoms with E-state index in [1.165, 1.54) is 96.0 Å². The van der Waals surface area contributed by atoms with Crippen LogP contribution < -0.4 is 5.32 Å². The first kappa shape index (κ1) is 62.0. The molecule has 384 valence electrons. The Morgan fingerprint density at radius 2 is 0.939 bits per heavy atom. The zero-order chi connectivity index (χ0) is 48.7. The van der Waals surface area contributed by atoms with Gasteiger partial charge in [-0.2, -0.15) is 0 Å². The van der Waals surface area contributed by atoms with Gasteiger partial charge in [-0.3, -0.25) is 13.8 Å². The van der Waals surface area contributed by atoms with Crippen molar-refractivity contribution in [3.8, 4) is 0 Å². The molecule has 0 aromatic heterocycles. The minimum Gasteiger partial charge on any atom is -0.393 e. The maximum atomic E-state index is 13.0. The summed E-state index contributed by atoms with van der Waals surface area (Å²) in [6.07, 6.45) is 37.4. The van der Waals surface area contributed by atoms with Gasteiger partial charge in [-0.15, -0.1) is 0 Å². The van der Waals surface area contributed by atoms with E-state index in [1.807, 2.05) is 0 Å². The predicted octanol–water partition coefficient (Wildman–Crippen LogP) is 9.65. The van der Waals surface area contributed by atoms with Crippen LogP contribution in [0.5, 0.6) is 0 Å². The molecule has 0 aliphatic heterocycles. The molecule has 0 aromatic rings. The SMILES string of the molecule is CCCCCCC/C=C/CC/C=C/CC/C=C/C(O)C(COP(=O)(O)OC1C(O)C(O)C(O)C(O)C1O)NC(=O)CC(O)CCCCCCC/C=C\C/C=C\CCCCCCCCCCC. The number of phosphoric acid groups is 1. The summed E-state index contributed by atoms with van der Waals surface area (Å²) in [6, 6.07) is -1.27. The molecule has 0 aromatic carbocycles. The van der Waals surface area contributed by atoms with E-state index in [-0.39, 0.29) is 6.42 Å². The number of phosphoric ester groups is 1. The Kier molecular flexibility index (Phi) is 38.4. The van der Waals surface area contributed by atoms with Crippen LogP contribution in [-0.2, 0) is 18.4 Å². The molecule has 8 unspecified atom stereocenters. The highest BCUT2D eigenvalue weighted by molar-refractivity contribution is 7.47. The minimum absolute atomic E-state index is 0.268. The lowest BCUT2D eigenvalue weighted by atomic mass is 9.85. The maximum Gasteiger partial charge on any atom is 0.472 e. The fraction of sp³-hybridized carbons (Fsp3) is 0.788. The van der Waals surface area contributed by atoms with Gasteiger partial charge in [0, 0.05) is 0 Å². The van der Waals surface area contributed by atoms with E-state index in [0.717, 1.165) is 70.6 Å². The second kappa shape index (κ2) is 40.8. The van der Waals surface area contributed by atoms with Crippen molar-refractivity contribution in [3.63, 3.8) is 0 Å². The molecule has 0 heterocycles. The number of carbonyl (C=O) groups is 1. The van der Waals surface area contributed by atoms with E-state index in [9.17, 15) is 50.0 Å². The van der Waals surface area contributed by atoms with Gasteiger partial charge in [0.1, 0.15) is 36.6 Å². The van der Waals surface area contributed by atoms with Crippen molar-refractivity contribution in [2.45, 2.75) is 255 Å². The molecule has 9 N–H and O–H groups in total. The largest absolute Gasteiger partial charge is 0.472 e. The molecule has 1 aliphatic carbocycles. The van der Waals surface area contributed by atoms with Gasteiger partial charge in [0.05, 0.1) is 31.3 Å². The second-order valence-electron chi connectivity index (χ2n) is 18.2. The number of hydrogen-bond donors (Lipinski definition) is 9. The fourth-order valence-corrected chi connectivity index (χ4v) is 8.80. The Morgan fingerprint density at radius 3 is 1.42 bits per heavy atom. The third-order valence-electron chi connectivity index (χ3n) is 12.1. The average Bonchev–Trinajstić information content (AvgIpc) is 3.29. The summed E-state index contributed by atoms with van der Waals surface area (Å²) in [5.41, 5.74) is 0. The summed E-state index contributed by atoms with van der Waals surface area (Å²) >= 11 is 0. The zero-order valence-corrected chi connectivity index (χ0v) is 41.7. The molecule has 1 fully saturated rings. The Bertz CT molecular complexity index is 1360. The zero-order valence-electron chi connectivity index (χ0n) is 40.8. The maximum absolute atomic E-state index is 13.0. The molecule has 0 radical (unpaired) electrons. The quantitative estimate of drug-likeness (QED) is 0.0158. The summed E-state index contributed by atoms with van der Waals surface area (Å²) in [6.45, 7) is 3.71. The van der Waals surface area contributed by atoms with Crippen LogP contribution in [0.3, 0.4) is 0 Å². The van der Waals surface area contributed by atoms with Crippen molar-refractivity contribution in [1.82, 2.24) is 5.32 Å². The molecule has 13 nitrogen and oxygen atoms in total. The molecule has 1 amide bonds. The van der Waals surface area contributed by atoms with Gasteiger partial charge >= 0.3 is 7.82 Å². The normalized spacial score (nSPS) is 22.9. The van der Waals surface area contributed by atoms with Crippen LogP contribution in [0.15, 0.2) is 60.8 Å². The lowest BCUT2D eigenvalue weighted by Crippen LogP contribution is -2.64. The van der Waals surface area contributed by atoms with Crippen molar-refractivity contribution < 1.29 is 59.0 Å². The monoisotopic (exact) mass is 956 g/mol. The van der Waals surface area contributed by atoms with Gasteiger partial charge in [-0.05, 0) is 77.0 Å². The number of carbonyl (C=O) groups excluding carboxylic acids is 1. The van der Waals surface area contributed by atoms with Crippen LogP contribution in [0.4, 0.5) is 0 Å². The molecular formula is C52H94NO12P. The fourth-order valence-electron chi connectivity index (χ4n) is 7.83. The molecule has 14 heteroatoms. The molecule has 66 heavy (non-hydrogen) atoms. The van der Waals surface area contributed by atoms with Crippen LogP contribution in [0.1, 0.15) is 200 Å². The van der Waals surface area contributed by atoms with Crippen LogP contribution >= 0.6 is 7.82 Å². The Morgan fingerprint density at radius 1 is 0.545 bits per heavy atom.